The number of hydrogen-bond donors (Lipinski definition) is 0. The topological polar surface area (TPSA) is 15.7 Å². The minimum atomic E-state index is 0.0559. The lowest BCUT2D eigenvalue weighted by Gasteiger charge is -2.43. The van der Waals surface area contributed by atoms with Crippen molar-refractivity contribution in [2.45, 2.75) is 12.8 Å². The van der Waals surface area contributed by atoms with Gasteiger partial charge < -0.3 is 14.5 Å². The monoisotopic (exact) mass is 614 g/mol. The molecule has 0 bridgehead atoms. The zero-order valence-corrected chi connectivity index (χ0v) is 26.4. The van der Waals surface area contributed by atoms with Crippen LogP contribution in [-0.4, -0.2) is 6.71 Å². The molecular weight excluding hydrogens is 583 g/mol. The van der Waals surface area contributed by atoms with Crippen LogP contribution in [0.1, 0.15) is 11.1 Å². The SMILES string of the molecule is c1ccc(-c2ccc3c(c2)Oc2c4c(cc5c2B3c2ccc(N(c3ccccc3)c3ccccc3)cc2N5c2ccccc2)CC4)cc1. The van der Waals surface area contributed by atoms with Crippen molar-refractivity contribution < 1.29 is 4.74 Å². The fraction of sp³-hybridized carbons (Fsp3) is 0.0455. The van der Waals surface area contributed by atoms with Crippen LogP contribution in [0.4, 0.5) is 34.1 Å². The molecule has 7 aromatic carbocycles. The molecule has 226 valence electrons. The minimum Gasteiger partial charge on any atom is -0.458 e. The summed E-state index contributed by atoms with van der Waals surface area (Å²) in [5.41, 5.74) is 15.8. The fourth-order valence-corrected chi connectivity index (χ4v) is 7.87. The van der Waals surface area contributed by atoms with Crippen molar-refractivity contribution in [1.82, 2.24) is 0 Å². The fourth-order valence-electron chi connectivity index (χ4n) is 7.87. The van der Waals surface area contributed by atoms with Crippen LogP contribution >= 0.6 is 0 Å². The Kier molecular flexibility index (Phi) is 6.10. The summed E-state index contributed by atoms with van der Waals surface area (Å²) in [4.78, 5) is 4.82. The van der Waals surface area contributed by atoms with Gasteiger partial charge in [0.1, 0.15) is 11.5 Å². The Balaban J connectivity index is 1.23. The summed E-state index contributed by atoms with van der Waals surface area (Å²) in [7, 11) is 0. The van der Waals surface area contributed by atoms with Crippen molar-refractivity contribution in [1.29, 1.82) is 0 Å². The van der Waals surface area contributed by atoms with E-state index in [2.05, 4.69) is 174 Å². The largest absolute Gasteiger partial charge is 0.458 e. The van der Waals surface area contributed by atoms with E-state index in [0.29, 0.717) is 0 Å². The van der Waals surface area contributed by atoms with E-state index in [1.807, 2.05) is 0 Å². The number of ether oxygens (including phenoxy) is 1. The Bertz CT molecular complexity index is 2290. The second-order valence-corrected chi connectivity index (χ2v) is 12.9. The number of fused-ring (bicyclic) bond motifs is 6. The molecule has 0 saturated carbocycles. The summed E-state index contributed by atoms with van der Waals surface area (Å²) in [6, 6.07) is 59.0. The molecule has 0 fully saturated rings. The quantitative estimate of drug-likeness (QED) is 0.180. The number of aryl methyl sites for hydroxylation is 1. The first-order chi connectivity index (χ1) is 23.8. The molecule has 7 aromatic rings. The first-order valence-electron chi connectivity index (χ1n) is 16.8. The Morgan fingerprint density at radius 2 is 1.17 bits per heavy atom. The molecule has 2 heterocycles. The van der Waals surface area contributed by atoms with Crippen LogP contribution in [0.5, 0.6) is 11.5 Å². The van der Waals surface area contributed by atoms with Crippen molar-refractivity contribution in [3.8, 4) is 22.6 Å². The third-order valence-corrected chi connectivity index (χ3v) is 10.2. The van der Waals surface area contributed by atoms with Gasteiger partial charge in [0.15, 0.2) is 0 Å². The molecule has 1 aliphatic carbocycles. The normalized spacial score (nSPS) is 13.3. The number of hydrogen-bond acceptors (Lipinski definition) is 3. The lowest BCUT2D eigenvalue weighted by Crippen LogP contribution is -2.60. The van der Waals surface area contributed by atoms with Crippen LogP contribution in [0.15, 0.2) is 164 Å². The molecular formula is C44H31BN2O. The summed E-state index contributed by atoms with van der Waals surface area (Å²) in [5.74, 6) is 2.01. The molecule has 3 aliphatic rings. The molecule has 0 saturated heterocycles. The Morgan fingerprint density at radius 1 is 0.521 bits per heavy atom. The molecule has 0 amide bonds. The van der Waals surface area contributed by atoms with Gasteiger partial charge in [0.2, 0.25) is 0 Å². The van der Waals surface area contributed by atoms with E-state index in [-0.39, 0.29) is 6.71 Å². The second kappa shape index (κ2) is 10.8. The highest BCUT2D eigenvalue weighted by Gasteiger charge is 2.44. The maximum atomic E-state index is 6.99. The summed E-state index contributed by atoms with van der Waals surface area (Å²) in [6.45, 7) is 0.0559. The van der Waals surface area contributed by atoms with E-state index < -0.39 is 0 Å². The van der Waals surface area contributed by atoms with E-state index in [1.54, 1.807) is 0 Å². The average molecular weight is 615 g/mol. The Hall–Kier alpha value is -6.00. The number of nitrogens with zero attached hydrogens (tertiary/aromatic N) is 2. The summed E-state index contributed by atoms with van der Waals surface area (Å²) < 4.78 is 6.99. The lowest BCUT2D eigenvalue weighted by atomic mass is 9.33. The lowest BCUT2D eigenvalue weighted by molar-refractivity contribution is 0.475. The Morgan fingerprint density at radius 3 is 1.83 bits per heavy atom. The maximum absolute atomic E-state index is 6.99. The molecule has 0 N–H and O–H groups in total. The highest BCUT2D eigenvalue weighted by atomic mass is 16.5. The van der Waals surface area contributed by atoms with Crippen molar-refractivity contribution in [2.24, 2.45) is 0 Å². The molecule has 48 heavy (non-hydrogen) atoms. The third kappa shape index (κ3) is 4.16. The van der Waals surface area contributed by atoms with Gasteiger partial charge in [-0.2, -0.15) is 0 Å². The Labute approximate surface area is 281 Å². The maximum Gasteiger partial charge on any atom is 0.256 e. The van der Waals surface area contributed by atoms with Gasteiger partial charge in [0.25, 0.3) is 6.71 Å². The van der Waals surface area contributed by atoms with Gasteiger partial charge in [0, 0.05) is 34.1 Å². The van der Waals surface area contributed by atoms with Crippen molar-refractivity contribution >= 4 is 57.2 Å². The van der Waals surface area contributed by atoms with E-state index in [1.165, 1.54) is 50.0 Å². The highest BCUT2D eigenvalue weighted by Crippen LogP contribution is 2.47. The zero-order chi connectivity index (χ0) is 31.6. The van der Waals surface area contributed by atoms with Crippen molar-refractivity contribution in [2.75, 3.05) is 9.80 Å². The number of rotatable bonds is 5. The van der Waals surface area contributed by atoms with Crippen LogP contribution in [0, 0.1) is 0 Å². The molecule has 3 nitrogen and oxygen atoms in total. The van der Waals surface area contributed by atoms with Crippen LogP contribution in [-0.2, 0) is 12.8 Å². The van der Waals surface area contributed by atoms with Gasteiger partial charge in [-0.1, -0.05) is 103 Å². The zero-order valence-electron chi connectivity index (χ0n) is 26.4. The van der Waals surface area contributed by atoms with Crippen molar-refractivity contribution in [3.63, 3.8) is 0 Å². The van der Waals surface area contributed by atoms with E-state index in [9.17, 15) is 0 Å². The summed E-state index contributed by atoms with van der Waals surface area (Å²) in [5, 5.41) is 0. The molecule has 0 spiro atoms. The van der Waals surface area contributed by atoms with Crippen LogP contribution in [0.2, 0.25) is 0 Å². The summed E-state index contributed by atoms with van der Waals surface area (Å²) in [6.07, 6.45) is 2.13. The van der Waals surface area contributed by atoms with Crippen molar-refractivity contribution in [3.05, 3.63) is 175 Å². The van der Waals surface area contributed by atoms with Gasteiger partial charge in [0.05, 0.1) is 0 Å². The van der Waals surface area contributed by atoms with Crippen LogP contribution in [0.25, 0.3) is 11.1 Å². The predicted octanol–water partition coefficient (Wildman–Crippen LogP) is 9.33. The predicted molar refractivity (Wildman–Crippen MR) is 200 cm³/mol. The van der Waals surface area contributed by atoms with E-state index >= 15 is 0 Å². The number of para-hydroxylation sites is 3. The summed E-state index contributed by atoms with van der Waals surface area (Å²) >= 11 is 0. The van der Waals surface area contributed by atoms with E-state index in [0.717, 1.165) is 47.1 Å². The highest BCUT2D eigenvalue weighted by molar-refractivity contribution is 6.99. The molecule has 4 heteroatoms. The first-order valence-corrected chi connectivity index (χ1v) is 16.8. The first kappa shape index (κ1) is 27.1. The van der Waals surface area contributed by atoms with Gasteiger partial charge in [-0.05, 0) is 112 Å². The average Bonchev–Trinajstić information content (AvgIpc) is 3.14. The molecule has 0 radical (unpaired) electrons. The molecule has 10 rings (SSSR count). The third-order valence-electron chi connectivity index (χ3n) is 10.2. The minimum absolute atomic E-state index is 0.0559. The van der Waals surface area contributed by atoms with E-state index in [4.69, 9.17) is 4.74 Å². The number of anilines is 6. The van der Waals surface area contributed by atoms with Gasteiger partial charge in [-0.25, -0.2) is 0 Å². The molecule has 0 unspecified atom stereocenters. The van der Waals surface area contributed by atoms with Gasteiger partial charge in [-0.3, -0.25) is 0 Å². The number of benzene rings is 7. The second-order valence-electron chi connectivity index (χ2n) is 12.9. The smallest absolute Gasteiger partial charge is 0.256 e. The standard InChI is InChI=1S/C44H31BN2O/c1-5-13-30(14-6-1)31-22-25-39-42(28-31)48-44-37-24-21-32(37)27-41-43(44)45(39)38-26-23-36(29-40(38)47(41)35-19-11-4-12-20-35)46(33-15-7-2-8-16-33)34-17-9-3-10-18-34/h1-20,22-23,25-29H,21,24H2. The molecule has 0 atom stereocenters. The van der Waals surface area contributed by atoms with Crippen LogP contribution in [0.3, 0.4) is 0 Å². The van der Waals surface area contributed by atoms with Crippen LogP contribution < -0.4 is 30.9 Å². The van der Waals surface area contributed by atoms with Gasteiger partial charge in [-0.15, -0.1) is 0 Å². The molecule has 0 aromatic heterocycles. The molecule has 2 aliphatic heterocycles. The van der Waals surface area contributed by atoms with Gasteiger partial charge >= 0.3 is 0 Å².